The zero-order valence-corrected chi connectivity index (χ0v) is 16.6. The Kier molecular flexibility index (Phi) is 8.51. The molecule has 0 fully saturated rings. The smallest absolute Gasteiger partial charge is 0.338 e. The van der Waals surface area contributed by atoms with Gasteiger partial charge in [-0.3, -0.25) is 4.79 Å². The molecule has 0 aromatic heterocycles. The molecule has 2 rings (SSSR count). The zero-order chi connectivity index (χ0) is 21.1. The lowest BCUT2D eigenvalue weighted by molar-refractivity contribution is -0.119. The van der Waals surface area contributed by atoms with Gasteiger partial charge in [0.2, 0.25) is 0 Å². The van der Waals surface area contributed by atoms with E-state index in [9.17, 15) is 9.59 Å². The maximum atomic E-state index is 12.3. The Bertz CT molecular complexity index is 872. The largest absolute Gasteiger partial charge is 0.490 e. The lowest BCUT2D eigenvalue weighted by Crippen LogP contribution is -2.21. The Labute approximate surface area is 170 Å². The van der Waals surface area contributed by atoms with Gasteiger partial charge < -0.3 is 19.5 Å². The number of nitrogens with one attached hydrogen (secondary N) is 1. The second-order valence-corrected chi connectivity index (χ2v) is 6.10. The normalized spacial score (nSPS) is 9.97. The number of hydrogen-bond donors (Lipinski definition) is 1. The number of ether oxygens (including phenoxy) is 3. The molecule has 1 N–H and O–H groups in total. The number of benzene rings is 2. The first-order valence-electron chi connectivity index (χ1n) is 9.39. The standard InChI is InChI=1S/C22H24N2O5/c1-3-13-28-19-10-7-17(14-20(19)27-4-2)22(26)29-15-21(25)24-18-8-5-16(6-9-18)11-12-23/h5-10,14H,3-4,11,13,15H2,1-2H3,(H,24,25). The van der Waals surface area contributed by atoms with Gasteiger partial charge in [-0.2, -0.15) is 5.26 Å². The summed E-state index contributed by atoms with van der Waals surface area (Å²) in [4.78, 5) is 24.3. The van der Waals surface area contributed by atoms with Gasteiger partial charge in [0.25, 0.3) is 5.91 Å². The minimum Gasteiger partial charge on any atom is -0.490 e. The van der Waals surface area contributed by atoms with Crippen LogP contribution in [0.4, 0.5) is 5.69 Å². The van der Waals surface area contributed by atoms with Crippen LogP contribution in [0.3, 0.4) is 0 Å². The van der Waals surface area contributed by atoms with Gasteiger partial charge in [-0.05, 0) is 49.2 Å². The average Bonchev–Trinajstić information content (AvgIpc) is 2.73. The quantitative estimate of drug-likeness (QED) is 0.615. The molecular weight excluding hydrogens is 372 g/mol. The Morgan fingerprint density at radius 3 is 2.45 bits per heavy atom. The minimum atomic E-state index is -0.632. The van der Waals surface area contributed by atoms with Crippen molar-refractivity contribution >= 4 is 17.6 Å². The number of carbonyl (C=O) groups is 2. The molecule has 0 radical (unpaired) electrons. The molecule has 0 aliphatic heterocycles. The highest BCUT2D eigenvalue weighted by Crippen LogP contribution is 2.29. The Hall–Kier alpha value is -3.53. The summed E-state index contributed by atoms with van der Waals surface area (Å²) in [6.07, 6.45) is 1.16. The lowest BCUT2D eigenvalue weighted by Gasteiger charge is -2.13. The van der Waals surface area contributed by atoms with Crippen LogP contribution in [0.15, 0.2) is 42.5 Å². The predicted molar refractivity (Wildman–Crippen MR) is 108 cm³/mol. The molecule has 0 aliphatic rings. The molecule has 0 bridgehead atoms. The molecular formula is C22H24N2O5. The molecule has 0 saturated carbocycles. The number of nitriles is 1. The fourth-order valence-corrected chi connectivity index (χ4v) is 2.44. The van der Waals surface area contributed by atoms with Crippen LogP contribution in [-0.2, 0) is 16.0 Å². The van der Waals surface area contributed by atoms with E-state index in [1.165, 1.54) is 0 Å². The van der Waals surface area contributed by atoms with E-state index in [2.05, 4.69) is 11.4 Å². The molecule has 7 heteroatoms. The van der Waals surface area contributed by atoms with Gasteiger partial charge in [0.05, 0.1) is 31.3 Å². The van der Waals surface area contributed by atoms with Gasteiger partial charge in [0.1, 0.15) is 0 Å². The number of anilines is 1. The molecule has 0 saturated heterocycles. The van der Waals surface area contributed by atoms with E-state index >= 15 is 0 Å². The van der Waals surface area contributed by atoms with E-state index in [1.54, 1.807) is 42.5 Å². The topological polar surface area (TPSA) is 97.6 Å². The molecule has 1 amide bonds. The second-order valence-electron chi connectivity index (χ2n) is 6.10. The van der Waals surface area contributed by atoms with Crippen molar-refractivity contribution in [2.45, 2.75) is 26.7 Å². The number of nitrogens with zero attached hydrogens (tertiary/aromatic N) is 1. The number of hydrogen-bond acceptors (Lipinski definition) is 6. The minimum absolute atomic E-state index is 0.269. The molecule has 2 aromatic rings. The van der Waals surface area contributed by atoms with Gasteiger partial charge in [0, 0.05) is 5.69 Å². The van der Waals surface area contributed by atoms with Crippen molar-refractivity contribution in [1.82, 2.24) is 0 Å². The lowest BCUT2D eigenvalue weighted by atomic mass is 10.1. The Balaban J connectivity index is 1.92. The average molecular weight is 396 g/mol. The molecule has 152 valence electrons. The van der Waals surface area contributed by atoms with Crippen LogP contribution < -0.4 is 14.8 Å². The molecule has 0 heterocycles. The van der Waals surface area contributed by atoms with Crippen molar-refractivity contribution in [2.24, 2.45) is 0 Å². The highest BCUT2D eigenvalue weighted by molar-refractivity contribution is 5.95. The van der Waals surface area contributed by atoms with E-state index < -0.39 is 18.5 Å². The Morgan fingerprint density at radius 1 is 1.03 bits per heavy atom. The second kappa shape index (κ2) is 11.3. The number of carbonyl (C=O) groups excluding carboxylic acids is 2. The van der Waals surface area contributed by atoms with Gasteiger partial charge in [-0.25, -0.2) is 4.79 Å². The third-order valence-electron chi connectivity index (χ3n) is 3.80. The monoisotopic (exact) mass is 396 g/mol. The third-order valence-corrected chi connectivity index (χ3v) is 3.80. The summed E-state index contributed by atoms with van der Waals surface area (Å²) in [6.45, 7) is 4.39. The Morgan fingerprint density at radius 2 is 1.79 bits per heavy atom. The molecule has 0 spiro atoms. The van der Waals surface area contributed by atoms with E-state index in [0.29, 0.717) is 36.8 Å². The van der Waals surface area contributed by atoms with Crippen LogP contribution in [0.25, 0.3) is 0 Å². The van der Waals surface area contributed by atoms with E-state index in [1.807, 2.05) is 13.8 Å². The highest BCUT2D eigenvalue weighted by atomic mass is 16.5. The summed E-state index contributed by atoms with van der Waals surface area (Å²) < 4.78 is 16.2. The van der Waals surface area contributed by atoms with Crippen LogP contribution in [0.1, 0.15) is 36.2 Å². The maximum absolute atomic E-state index is 12.3. The predicted octanol–water partition coefficient (Wildman–Crippen LogP) is 3.74. The zero-order valence-electron chi connectivity index (χ0n) is 16.6. The van der Waals surface area contributed by atoms with Crippen molar-refractivity contribution in [2.75, 3.05) is 25.1 Å². The summed E-state index contributed by atoms with van der Waals surface area (Å²) in [5.41, 5.74) is 1.68. The van der Waals surface area contributed by atoms with E-state index in [-0.39, 0.29) is 5.56 Å². The van der Waals surface area contributed by atoms with Gasteiger partial charge in [-0.1, -0.05) is 19.1 Å². The van der Waals surface area contributed by atoms with Crippen LogP contribution in [0.2, 0.25) is 0 Å². The van der Waals surface area contributed by atoms with Crippen molar-refractivity contribution < 1.29 is 23.8 Å². The first kappa shape index (κ1) is 21.8. The maximum Gasteiger partial charge on any atom is 0.338 e. The molecule has 29 heavy (non-hydrogen) atoms. The van der Waals surface area contributed by atoms with Gasteiger partial charge in [-0.15, -0.1) is 0 Å². The summed E-state index contributed by atoms with van der Waals surface area (Å²) in [5.74, 6) is -0.0769. The highest BCUT2D eigenvalue weighted by Gasteiger charge is 2.14. The molecule has 0 atom stereocenters. The van der Waals surface area contributed by atoms with Crippen LogP contribution in [0, 0.1) is 11.3 Å². The number of esters is 1. The number of rotatable bonds is 10. The molecule has 2 aromatic carbocycles. The fraction of sp³-hybridized carbons (Fsp3) is 0.318. The van der Waals surface area contributed by atoms with E-state index in [4.69, 9.17) is 19.5 Å². The summed E-state index contributed by atoms with van der Waals surface area (Å²) in [5, 5.41) is 11.3. The van der Waals surface area contributed by atoms with Crippen LogP contribution in [-0.4, -0.2) is 31.7 Å². The first-order chi connectivity index (χ1) is 14.1. The number of amides is 1. The summed E-state index contributed by atoms with van der Waals surface area (Å²) >= 11 is 0. The molecule has 7 nitrogen and oxygen atoms in total. The molecule has 0 aliphatic carbocycles. The summed E-state index contributed by atoms with van der Waals surface area (Å²) in [7, 11) is 0. The van der Waals surface area contributed by atoms with Crippen molar-refractivity contribution in [3.63, 3.8) is 0 Å². The fourth-order valence-electron chi connectivity index (χ4n) is 2.44. The van der Waals surface area contributed by atoms with Crippen LogP contribution in [0.5, 0.6) is 11.5 Å². The van der Waals surface area contributed by atoms with Gasteiger partial charge >= 0.3 is 5.97 Å². The summed E-state index contributed by atoms with van der Waals surface area (Å²) in [6, 6.07) is 13.7. The third kappa shape index (κ3) is 6.85. The van der Waals surface area contributed by atoms with Crippen molar-refractivity contribution in [1.29, 1.82) is 5.26 Å². The van der Waals surface area contributed by atoms with Crippen molar-refractivity contribution in [3.05, 3.63) is 53.6 Å². The SMILES string of the molecule is CCCOc1ccc(C(=O)OCC(=O)Nc2ccc(CC#N)cc2)cc1OCC. The van der Waals surface area contributed by atoms with E-state index in [0.717, 1.165) is 12.0 Å². The first-order valence-corrected chi connectivity index (χ1v) is 9.39. The van der Waals surface area contributed by atoms with Crippen molar-refractivity contribution in [3.8, 4) is 17.6 Å². The van der Waals surface area contributed by atoms with Gasteiger partial charge in [0.15, 0.2) is 18.1 Å². The van der Waals surface area contributed by atoms with Crippen LogP contribution >= 0.6 is 0 Å². The molecule has 0 unspecified atom stereocenters.